The standard InChI is InChI=1S/C10H8N4O.C2H6/c11-5-7-2-1-3-8(4-7)10-13-9(6-12)15-14-10;1-2/h1-4H,6,12H2;1-2H3. The highest BCUT2D eigenvalue weighted by molar-refractivity contribution is 5.57. The van der Waals surface area contributed by atoms with Crippen molar-refractivity contribution in [1.29, 1.82) is 5.26 Å². The molecule has 88 valence electrons. The average molecular weight is 230 g/mol. The van der Waals surface area contributed by atoms with E-state index in [1.54, 1.807) is 18.2 Å². The molecule has 1 heterocycles. The molecule has 0 fully saturated rings. The van der Waals surface area contributed by atoms with Crippen LogP contribution in [0.1, 0.15) is 25.3 Å². The molecule has 5 nitrogen and oxygen atoms in total. The fourth-order valence-electron chi connectivity index (χ4n) is 1.18. The monoisotopic (exact) mass is 230 g/mol. The van der Waals surface area contributed by atoms with E-state index in [4.69, 9.17) is 15.5 Å². The van der Waals surface area contributed by atoms with Crippen molar-refractivity contribution in [2.24, 2.45) is 5.73 Å². The van der Waals surface area contributed by atoms with Gasteiger partial charge < -0.3 is 10.3 Å². The highest BCUT2D eigenvalue weighted by atomic mass is 16.5. The summed E-state index contributed by atoms with van der Waals surface area (Å²) in [5.74, 6) is 0.833. The lowest BCUT2D eigenvalue weighted by Crippen LogP contribution is -1.95. The lowest BCUT2D eigenvalue weighted by Gasteiger charge is -1.93. The second-order valence-corrected chi connectivity index (χ2v) is 2.91. The molecule has 1 aromatic heterocycles. The van der Waals surface area contributed by atoms with Crippen LogP contribution in [0, 0.1) is 11.3 Å². The van der Waals surface area contributed by atoms with E-state index in [0.717, 1.165) is 5.56 Å². The lowest BCUT2D eigenvalue weighted by molar-refractivity contribution is 0.380. The molecule has 2 aromatic rings. The third kappa shape index (κ3) is 3.13. The van der Waals surface area contributed by atoms with Crippen LogP contribution in [0.2, 0.25) is 0 Å². The highest BCUT2D eigenvalue weighted by Gasteiger charge is 2.07. The Morgan fingerprint density at radius 1 is 1.41 bits per heavy atom. The minimum atomic E-state index is 0.213. The number of nitrogens with two attached hydrogens (primary N) is 1. The van der Waals surface area contributed by atoms with Crippen LogP contribution < -0.4 is 5.73 Å². The third-order valence-corrected chi connectivity index (χ3v) is 1.89. The van der Waals surface area contributed by atoms with Gasteiger partial charge in [-0.15, -0.1) is 0 Å². The molecule has 0 saturated carbocycles. The zero-order chi connectivity index (χ0) is 12.7. The molecule has 0 saturated heterocycles. The molecule has 0 aliphatic carbocycles. The number of nitriles is 1. The van der Waals surface area contributed by atoms with Crippen molar-refractivity contribution in [3.8, 4) is 17.5 Å². The molecule has 17 heavy (non-hydrogen) atoms. The van der Waals surface area contributed by atoms with Crippen LogP contribution in [0.3, 0.4) is 0 Å². The van der Waals surface area contributed by atoms with Crippen molar-refractivity contribution in [1.82, 2.24) is 10.1 Å². The van der Waals surface area contributed by atoms with Gasteiger partial charge in [0.05, 0.1) is 18.2 Å². The van der Waals surface area contributed by atoms with E-state index in [9.17, 15) is 0 Å². The van der Waals surface area contributed by atoms with Gasteiger partial charge in [-0.1, -0.05) is 31.1 Å². The third-order valence-electron chi connectivity index (χ3n) is 1.89. The number of nitrogens with zero attached hydrogens (tertiary/aromatic N) is 3. The van der Waals surface area contributed by atoms with E-state index in [2.05, 4.69) is 10.1 Å². The Balaban J connectivity index is 0.000000686. The van der Waals surface area contributed by atoms with E-state index in [-0.39, 0.29) is 6.54 Å². The summed E-state index contributed by atoms with van der Waals surface area (Å²) >= 11 is 0. The molecular weight excluding hydrogens is 216 g/mol. The van der Waals surface area contributed by atoms with Gasteiger partial charge in [-0.25, -0.2) is 0 Å². The maximum absolute atomic E-state index is 8.73. The topological polar surface area (TPSA) is 88.7 Å². The Hall–Kier alpha value is -2.19. The molecule has 1 aromatic carbocycles. The fraction of sp³-hybridized carbons (Fsp3) is 0.250. The van der Waals surface area contributed by atoms with E-state index >= 15 is 0 Å². The predicted octanol–water partition coefficient (Wildman–Crippen LogP) is 2.09. The average Bonchev–Trinajstić information content (AvgIpc) is 2.90. The van der Waals surface area contributed by atoms with Gasteiger partial charge in [-0.3, -0.25) is 0 Å². The Morgan fingerprint density at radius 3 is 2.76 bits per heavy atom. The van der Waals surface area contributed by atoms with Gasteiger partial charge in [0.25, 0.3) is 0 Å². The smallest absolute Gasteiger partial charge is 0.240 e. The summed E-state index contributed by atoms with van der Waals surface area (Å²) in [5, 5.41) is 12.5. The zero-order valence-corrected chi connectivity index (χ0v) is 9.84. The molecule has 0 atom stereocenters. The maximum atomic E-state index is 8.73. The van der Waals surface area contributed by atoms with Crippen LogP contribution >= 0.6 is 0 Å². The quantitative estimate of drug-likeness (QED) is 0.853. The summed E-state index contributed by atoms with van der Waals surface area (Å²) in [6, 6.07) is 9.04. The van der Waals surface area contributed by atoms with E-state index < -0.39 is 0 Å². The Kier molecular flexibility index (Phi) is 4.85. The Bertz CT molecular complexity index is 513. The number of benzene rings is 1. The predicted molar refractivity (Wildman–Crippen MR) is 63.7 cm³/mol. The van der Waals surface area contributed by atoms with Gasteiger partial charge in [0, 0.05) is 5.56 Å². The molecule has 0 bridgehead atoms. The van der Waals surface area contributed by atoms with Crippen molar-refractivity contribution < 1.29 is 4.52 Å². The van der Waals surface area contributed by atoms with Crippen molar-refractivity contribution in [3.63, 3.8) is 0 Å². The van der Waals surface area contributed by atoms with Crippen LogP contribution in [0.15, 0.2) is 28.8 Å². The van der Waals surface area contributed by atoms with E-state index in [1.807, 2.05) is 26.0 Å². The summed E-state index contributed by atoms with van der Waals surface area (Å²) in [4.78, 5) is 4.06. The summed E-state index contributed by atoms with van der Waals surface area (Å²) in [7, 11) is 0. The van der Waals surface area contributed by atoms with Gasteiger partial charge in [-0.05, 0) is 12.1 Å². The second-order valence-electron chi connectivity index (χ2n) is 2.91. The van der Waals surface area contributed by atoms with Gasteiger partial charge in [0.2, 0.25) is 11.7 Å². The molecule has 0 aliphatic heterocycles. The summed E-state index contributed by atoms with van der Waals surface area (Å²) in [5.41, 5.74) is 6.66. The van der Waals surface area contributed by atoms with Crippen molar-refractivity contribution in [2.45, 2.75) is 20.4 Å². The normalized spacial score (nSPS) is 9.06. The second kappa shape index (κ2) is 6.40. The molecule has 2 N–H and O–H groups in total. The van der Waals surface area contributed by atoms with Crippen molar-refractivity contribution >= 4 is 0 Å². The molecular formula is C12H14N4O. The van der Waals surface area contributed by atoms with Crippen LogP contribution in [-0.2, 0) is 6.54 Å². The van der Waals surface area contributed by atoms with Crippen molar-refractivity contribution in [2.75, 3.05) is 0 Å². The SMILES string of the molecule is CC.N#Cc1cccc(-c2noc(CN)n2)c1. The summed E-state index contributed by atoms with van der Waals surface area (Å²) in [6.07, 6.45) is 0. The zero-order valence-electron chi connectivity index (χ0n) is 9.84. The lowest BCUT2D eigenvalue weighted by atomic mass is 10.1. The van der Waals surface area contributed by atoms with Gasteiger partial charge in [-0.2, -0.15) is 10.2 Å². The van der Waals surface area contributed by atoms with Crippen LogP contribution in [0.4, 0.5) is 0 Å². The fourth-order valence-corrected chi connectivity index (χ4v) is 1.18. The first-order chi connectivity index (χ1) is 8.33. The maximum Gasteiger partial charge on any atom is 0.240 e. The largest absolute Gasteiger partial charge is 0.338 e. The number of rotatable bonds is 2. The molecule has 0 unspecified atom stereocenters. The summed E-state index contributed by atoms with van der Waals surface area (Å²) < 4.78 is 4.87. The Labute approximate surface area is 99.9 Å². The first-order valence-corrected chi connectivity index (χ1v) is 5.36. The first kappa shape index (κ1) is 12.9. The van der Waals surface area contributed by atoms with Gasteiger partial charge in [0.1, 0.15) is 0 Å². The van der Waals surface area contributed by atoms with Gasteiger partial charge in [0.15, 0.2) is 0 Å². The number of hydrogen-bond acceptors (Lipinski definition) is 5. The van der Waals surface area contributed by atoms with Crippen LogP contribution in [0.5, 0.6) is 0 Å². The van der Waals surface area contributed by atoms with Gasteiger partial charge >= 0.3 is 0 Å². The van der Waals surface area contributed by atoms with Crippen molar-refractivity contribution in [3.05, 3.63) is 35.7 Å². The molecule has 2 rings (SSSR count). The summed E-state index contributed by atoms with van der Waals surface area (Å²) in [6.45, 7) is 4.21. The number of hydrogen-bond donors (Lipinski definition) is 1. The minimum Gasteiger partial charge on any atom is -0.338 e. The minimum absolute atomic E-state index is 0.213. The molecule has 0 amide bonds. The van der Waals surface area contributed by atoms with Crippen LogP contribution in [0.25, 0.3) is 11.4 Å². The molecule has 0 aliphatic rings. The van der Waals surface area contributed by atoms with E-state index in [0.29, 0.717) is 17.3 Å². The highest BCUT2D eigenvalue weighted by Crippen LogP contribution is 2.16. The molecule has 0 spiro atoms. The Morgan fingerprint density at radius 2 is 2.18 bits per heavy atom. The molecule has 5 heteroatoms. The number of aromatic nitrogens is 2. The van der Waals surface area contributed by atoms with E-state index in [1.165, 1.54) is 0 Å². The van der Waals surface area contributed by atoms with Crippen LogP contribution in [-0.4, -0.2) is 10.1 Å². The molecule has 0 radical (unpaired) electrons. The first-order valence-electron chi connectivity index (χ1n) is 5.36.